The lowest BCUT2D eigenvalue weighted by atomic mass is 10.2. The van der Waals surface area contributed by atoms with Gasteiger partial charge in [0.2, 0.25) is 0 Å². The molecule has 72 valence electrons. The molecule has 0 aliphatic heterocycles. The highest BCUT2D eigenvalue weighted by atomic mass is 28.3. The van der Waals surface area contributed by atoms with Gasteiger partial charge in [0.15, 0.2) is 0 Å². The van der Waals surface area contributed by atoms with E-state index < -0.39 is 8.07 Å². The first-order valence-electron chi connectivity index (χ1n) is 4.91. The van der Waals surface area contributed by atoms with Crippen LogP contribution in [0.4, 0.5) is 0 Å². The fourth-order valence-corrected chi connectivity index (χ4v) is 7.50. The first-order valence-corrected chi connectivity index (χ1v) is 9.41. The fourth-order valence-electron chi connectivity index (χ4n) is 2.11. The summed E-state index contributed by atoms with van der Waals surface area (Å²) in [5.74, 6) is 0. The first-order chi connectivity index (χ1) is 5.84. The highest BCUT2D eigenvalue weighted by Crippen LogP contribution is 2.06. The molecule has 0 saturated carbocycles. The van der Waals surface area contributed by atoms with E-state index in [9.17, 15) is 0 Å². The molecule has 0 spiro atoms. The molecule has 2 heteroatoms. The Balaban J connectivity index is 3.43. The van der Waals surface area contributed by atoms with E-state index in [1.807, 2.05) is 0 Å². The molecule has 1 aromatic carbocycles. The summed E-state index contributed by atoms with van der Waals surface area (Å²) < 4.78 is 0. The van der Waals surface area contributed by atoms with E-state index in [-0.39, 0.29) is 0 Å². The quantitative estimate of drug-likeness (QED) is 0.600. The van der Waals surface area contributed by atoms with Crippen LogP contribution in [0.1, 0.15) is 11.1 Å². The van der Waals surface area contributed by atoms with Crippen molar-refractivity contribution in [2.24, 2.45) is 0 Å². The molecule has 0 radical (unpaired) electrons. The van der Waals surface area contributed by atoms with Crippen molar-refractivity contribution in [1.29, 1.82) is 0 Å². The van der Waals surface area contributed by atoms with Gasteiger partial charge in [0, 0.05) is 10.2 Å². The van der Waals surface area contributed by atoms with Crippen molar-refractivity contribution < 1.29 is 0 Å². The Bertz CT molecular complexity index is 322. The second kappa shape index (κ2) is 3.42. The van der Waals surface area contributed by atoms with Crippen LogP contribution in [0.5, 0.6) is 0 Å². The van der Waals surface area contributed by atoms with Crippen molar-refractivity contribution in [2.45, 2.75) is 33.5 Å². The Morgan fingerprint density at radius 2 is 1.46 bits per heavy atom. The average molecular weight is 208 g/mol. The largest absolute Gasteiger partial charge is 0.0777 e. The van der Waals surface area contributed by atoms with E-state index in [4.69, 9.17) is 0 Å². The Morgan fingerprint density at radius 1 is 1.00 bits per heavy atom. The van der Waals surface area contributed by atoms with Gasteiger partial charge >= 0.3 is 0 Å². The van der Waals surface area contributed by atoms with Gasteiger partial charge in [-0.3, -0.25) is 0 Å². The van der Waals surface area contributed by atoms with Gasteiger partial charge in [-0.1, -0.05) is 53.3 Å². The molecule has 0 N–H and O–H groups in total. The average Bonchev–Trinajstić information content (AvgIpc) is 1.95. The normalized spacial score (nSPS) is 12.1. The van der Waals surface area contributed by atoms with Crippen LogP contribution in [0, 0.1) is 13.8 Å². The molecular formula is C11H20Si2. The maximum Gasteiger partial charge on any atom is 0.0777 e. The van der Waals surface area contributed by atoms with Crippen LogP contribution in [0.15, 0.2) is 12.1 Å². The Kier molecular flexibility index (Phi) is 2.83. The van der Waals surface area contributed by atoms with Gasteiger partial charge < -0.3 is 0 Å². The van der Waals surface area contributed by atoms with Crippen molar-refractivity contribution in [1.82, 2.24) is 0 Å². The lowest BCUT2D eigenvalue weighted by molar-refractivity contribution is 1.44. The highest BCUT2D eigenvalue weighted by Gasteiger charge is 2.21. The summed E-state index contributed by atoms with van der Waals surface area (Å²) in [5.41, 5.74) is 3.00. The van der Waals surface area contributed by atoms with E-state index in [1.54, 1.807) is 10.4 Å². The molecular weight excluding hydrogens is 188 g/mol. The van der Waals surface area contributed by atoms with Gasteiger partial charge in [-0.25, -0.2) is 0 Å². The van der Waals surface area contributed by atoms with Crippen molar-refractivity contribution in [3.63, 3.8) is 0 Å². The predicted molar refractivity (Wildman–Crippen MR) is 68.5 cm³/mol. The Morgan fingerprint density at radius 3 is 1.85 bits per heavy atom. The predicted octanol–water partition coefficient (Wildman–Crippen LogP) is 0.839. The Hall–Kier alpha value is -0.346. The SMILES string of the molecule is Cc1ccc(C)c([Si](C)(C)C)c1[SiH3]. The second-order valence-corrected chi connectivity index (χ2v) is 10.9. The highest BCUT2D eigenvalue weighted by molar-refractivity contribution is 6.91. The topological polar surface area (TPSA) is 0 Å². The van der Waals surface area contributed by atoms with Crippen LogP contribution in [-0.4, -0.2) is 18.3 Å². The minimum absolute atomic E-state index is 1.12. The molecule has 0 heterocycles. The summed E-state index contributed by atoms with van der Waals surface area (Å²) in [6.07, 6.45) is 0. The van der Waals surface area contributed by atoms with Crippen molar-refractivity contribution in [3.05, 3.63) is 23.3 Å². The van der Waals surface area contributed by atoms with E-state index in [1.165, 1.54) is 21.4 Å². The maximum atomic E-state index is 2.44. The number of hydrogen-bond acceptors (Lipinski definition) is 0. The van der Waals surface area contributed by atoms with E-state index in [2.05, 4.69) is 45.6 Å². The third-order valence-electron chi connectivity index (χ3n) is 2.69. The van der Waals surface area contributed by atoms with Gasteiger partial charge in [0.05, 0.1) is 8.07 Å². The van der Waals surface area contributed by atoms with Crippen LogP contribution in [0.3, 0.4) is 0 Å². The van der Waals surface area contributed by atoms with E-state index in [0.29, 0.717) is 0 Å². The third kappa shape index (κ3) is 2.12. The summed E-state index contributed by atoms with van der Waals surface area (Å²) in [5, 5.41) is 3.36. The molecule has 0 atom stereocenters. The van der Waals surface area contributed by atoms with E-state index >= 15 is 0 Å². The van der Waals surface area contributed by atoms with Crippen molar-refractivity contribution in [2.75, 3.05) is 0 Å². The lowest BCUT2D eigenvalue weighted by Gasteiger charge is -2.23. The number of hydrogen-bond donors (Lipinski definition) is 0. The molecule has 0 aliphatic carbocycles. The molecule has 0 amide bonds. The summed E-state index contributed by atoms with van der Waals surface area (Å²) >= 11 is 0. The molecule has 0 bridgehead atoms. The second-order valence-electron chi connectivity index (χ2n) is 4.95. The van der Waals surface area contributed by atoms with Gasteiger partial charge in [0.1, 0.15) is 0 Å². The lowest BCUT2D eigenvalue weighted by Crippen LogP contribution is -2.49. The minimum Gasteiger partial charge on any atom is -0.0684 e. The maximum absolute atomic E-state index is 2.44. The molecule has 0 saturated heterocycles. The van der Waals surface area contributed by atoms with Gasteiger partial charge in [-0.15, -0.1) is 0 Å². The summed E-state index contributed by atoms with van der Waals surface area (Å²) in [4.78, 5) is 0. The zero-order valence-electron chi connectivity index (χ0n) is 9.65. The van der Waals surface area contributed by atoms with E-state index in [0.717, 1.165) is 0 Å². The van der Waals surface area contributed by atoms with Crippen LogP contribution < -0.4 is 10.4 Å². The standard InChI is InChI=1S/C11H20Si2/c1-8-6-7-9(2)11(10(8)12)13(3,4)5/h6-7H,1-5,12H3. The molecule has 0 aromatic heterocycles. The number of aryl methyl sites for hydroxylation is 2. The summed E-state index contributed by atoms with van der Waals surface area (Å²) in [6.45, 7) is 11.8. The summed E-state index contributed by atoms with van der Waals surface area (Å²) in [7, 11) is 0.0728. The zero-order chi connectivity index (χ0) is 10.2. The summed E-state index contributed by atoms with van der Waals surface area (Å²) in [6, 6.07) is 4.55. The first kappa shape index (κ1) is 10.7. The van der Waals surface area contributed by atoms with Crippen LogP contribution in [0.2, 0.25) is 19.6 Å². The van der Waals surface area contributed by atoms with Crippen LogP contribution >= 0.6 is 0 Å². The minimum atomic E-state index is -1.12. The zero-order valence-corrected chi connectivity index (χ0v) is 12.7. The fraction of sp³-hybridized carbons (Fsp3) is 0.455. The molecule has 13 heavy (non-hydrogen) atoms. The van der Waals surface area contributed by atoms with Gasteiger partial charge in [0.25, 0.3) is 0 Å². The monoisotopic (exact) mass is 208 g/mol. The van der Waals surface area contributed by atoms with Crippen molar-refractivity contribution in [3.8, 4) is 0 Å². The molecule has 0 unspecified atom stereocenters. The molecule has 0 aliphatic rings. The Labute approximate surface area is 85.8 Å². The third-order valence-corrected chi connectivity index (χ3v) is 6.75. The molecule has 1 rings (SSSR count). The van der Waals surface area contributed by atoms with Crippen LogP contribution in [-0.2, 0) is 0 Å². The smallest absolute Gasteiger partial charge is 0.0684 e. The molecule has 1 aromatic rings. The molecule has 0 nitrogen and oxygen atoms in total. The molecule has 0 fully saturated rings. The van der Waals surface area contributed by atoms with Crippen molar-refractivity contribution >= 4 is 28.7 Å². The van der Waals surface area contributed by atoms with Gasteiger partial charge in [-0.05, 0) is 13.8 Å². The number of benzene rings is 1. The number of rotatable bonds is 1. The van der Waals surface area contributed by atoms with Crippen LogP contribution in [0.25, 0.3) is 0 Å². The van der Waals surface area contributed by atoms with Gasteiger partial charge in [-0.2, -0.15) is 0 Å².